The highest BCUT2D eigenvalue weighted by molar-refractivity contribution is 7.99. The van der Waals surface area contributed by atoms with E-state index in [1.165, 1.54) is 105 Å². The average molecular weight is 440 g/mol. The van der Waals surface area contributed by atoms with Crippen LogP contribution in [0.1, 0.15) is 96.8 Å². The highest BCUT2D eigenvalue weighted by Crippen LogP contribution is 2.45. The number of para-hydroxylation sites is 1. The fourth-order valence-electron chi connectivity index (χ4n) is 4.19. The summed E-state index contributed by atoms with van der Waals surface area (Å²) in [6, 6.07) is 14.9. The van der Waals surface area contributed by atoms with E-state index < -0.39 is 0 Å². The Morgan fingerprint density at radius 2 is 1.23 bits per heavy atom. The molecule has 0 saturated carbocycles. The molecule has 1 aliphatic heterocycles. The van der Waals surface area contributed by atoms with Crippen LogP contribution in [0.3, 0.4) is 0 Å². The molecule has 0 aliphatic carbocycles. The van der Waals surface area contributed by atoms with Crippen molar-refractivity contribution in [2.75, 3.05) is 11.9 Å². The van der Waals surface area contributed by atoms with Gasteiger partial charge in [-0.25, -0.2) is 0 Å². The van der Waals surface area contributed by atoms with Gasteiger partial charge in [0.05, 0.1) is 18.0 Å². The summed E-state index contributed by atoms with van der Waals surface area (Å²) in [5, 5.41) is 3.51. The molecule has 0 fully saturated rings. The second-order valence-corrected chi connectivity index (χ2v) is 9.91. The molecule has 0 amide bonds. The second-order valence-electron chi connectivity index (χ2n) is 8.83. The number of fused-ring (bicyclic) bond motifs is 2. The van der Waals surface area contributed by atoms with Gasteiger partial charge in [-0.3, -0.25) is 0 Å². The summed E-state index contributed by atoms with van der Waals surface area (Å²) in [7, 11) is 0. The van der Waals surface area contributed by atoms with Gasteiger partial charge in [0.15, 0.2) is 0 Å². The zero-order valence-electron chi connectivity index (χ0n) is 19.5. The van der Waals surface area contributed by atoms with Crippen LogP contribution in [0.4, 0.5) is 11.4 Å². The van der Waals surface area contributed by atoms with Crippen molar-refractivity contribution in [3.63, 3.8) is 0 Å². The van der Waals surface area contributed by atoms with Crippen LogP contribution < -0.4 is 10.1 Å². The van der Waals surface area contributed by atoms with E-state index in [0.29, 0.717) is 0 Å². The number of benzene rings is 2. The fourth-order valence-corrected chi connectivity index (χ4v) is 5.21. The molecule has 1 heterocycles. The van der Waals surface area contributed by atoms with Gasteiger partial charge in [-0.15, -0.1) is 0 Å². The Kier molecular flexibility index (Phi) is 11.2. The molecule has 0 bridgehead atoms. The Labute approximate surface area is 194 Å². The van der Waals surface area contributed by atoms with Gasteiger partial charge in [0.1, 0.15) is 5.75 Å². The number of rotatable bonds is 16. The van der Waals surface area contributed by atoms with Crippen LogP contribution in [0.25, 0.3) is 0 Å². The Morgan fingerprint density at radius 1 is 0.645 bits per heavy atom. The molecule has 31 heavy (non-hydrogen) atoms. The highest BCUT2D eigenvalue weighted by Gasteiger charge is 2.15. The molecule has 2 aromatic carbocycles. The first-order chi connectivity index (χ1) is 15.4. The molecule has 2 nitrogen and oxygen atoms in total. The standard InChI is InChI=1S/C28H41NOS/c1-2-3-4-5-6-7-8-9-10-11-12-13-14-17-22-30-24-20-21-26-28(23-24)31-27-19-16-15-18-25(27)29-26/h15-16,18-21,23,29H,2-14,17,22H2,1H3. The maximum Gasteiger partial charge on any atom is 0.120 e. The van der Waals surface area contributed by atoms with Crippen LogP contribution >= 0.6 is 11.8 Å². The second kappa shape index (κ2) is 14.5. The van der Waals surface area contributed by atoms with Gasteiger partial charge in [0, 0.05) is 9.79 Å². The molecule has 1 N–H and O–H groups in total. The van der Waals surface area contributed by atoms with E-state index in [2.05, 4.69) is 54.7 Å². The van der Waals surface area contributed by atoms with Crippen molar-refractivity contribution in [2.45, 2.75) is 107 Å². The van der Waals surface area contributed by atoms with Crippen LogP contribution in [0.2, 0.25) is 0 Å². The normalized spacial score (nSPS) is 12.2. The maximum absolute atomic E-state index is 6.03. The minimum atomic E-state index is 0.825. The summed E-state index contributed by atoms with van der Waals surface area (Å²) in [5.41, 5.74) is 2.36. The van der Waals surface area contributed by atoms with Crippen molar-refractivity contribution in [3.8, 4) is 5.75 Å². The fraction of sp³-hybridized carbons (Fsp3) is 0.571. The van der Waals surface area contributed by atoms with E-state index in [0.717, 1.165) is 18.8 Å². The minimum Gasteiger partial charge on any atom is -0.494 e. The van der Waals surface area contributed by atoms with Crippen LogP contribution in [0.15, 0.2) is 52.3 Å². The number of hydrogen-bond acceptors (Lipinski definition) is 3. The molecule has 0 unspecified atom stereocenters. The molecule has 170 valence electrons. The minimum absolute atomic E-state index is 0.825. The molecule has 0 spiro atoms. The predicted octanol–water partition coefficient (Wildman–Crippen LogP) is 9.75. The number of unbranched alkanes of at least 4 members (excludes halogenated alkanes) is 13. The van der Waals surface area contributed by atoms with Crippen LogP contribution in [-0.4, -0.2) is 6.61 Å². The third-order valence-corrected chi connectivity index (χ3v) is 7.23. The Bertz CT molecular complexity index is 760. The van der Waals surface area contributed by atoms with Gasteiger partial charge < -0.3 is 10.1 Å². The average Bonchev–Trinajstić information content (AvgIpc) is 2.80. The lowest BCUT2D eigenvalue weighted by Crippen LogP contribution is -2.01. The van der Waals surface area contributed by atoms with Gasteiger partial charge >= 0.3 is 0 Å². The van der Waals surface area contributed by atoms with Crippen LogP contribution in [-0.2, 0) is 0 Å². The van der Waals surface area contributed by atoms with Gasteiger partial charge in [0.2, 0.25) is 0 Å². The van der Waals surface area contributed by atoms with Crippen LogP contribution in [0.5, 0.6) is 5.75 Å². The monoisotopic (exact) mass is 439 g/mol. The molecule has 2 aromatic rings. The number of anilines is 2. The van der Waals surface area contributed by atoms with Gasteiger partial charge in [-0.2, -0.15) is 0 Å². The smallest absolute Gasteiger partial charge is 0.120 e. The van der Waals surface area contributed by atoms with E-state index in [1.807, 2.05) is 11.8 Å². The molecule has 3 heteroatoms. The Hall–Kier alpha value is -1.61. The Morgan fingerprint density at radius 3 is 1.90 bits per heavy atom. The topological polar surface area (TPSA) is 21.3 Å². The maximum atomic E-state index is 6.03. The van der Waals surface area contributed by atoms with Gasteiger partial charge in [-0.1, -0.05) is 114 Å². The molecular weight excluding hydrogens is 398 g/mol. The number of hydrogen-bond donors (Lipinski definition) is 1. The van der Waals surface area contributed by atoms with Crippen molar-refractivity contribution in [2.24, 2.45) is 0 Å². The Balaban J connectivity index is 1.17. The number of nitrogens with one attached hydrogen (secondary N) is 1. The SMILES string of the molecule is CCCCCCCCCCCCCCCCOc1ccc2c(c1)Sc1ccccc1N2. The lowest BCUT2D eigenvalue weighted by molar-refractivity contribution is 0.303. The first-order valence-corrected chi connectivity index (χ1v) is 13.5. The van der Waals surface area contributed by atoms with Gasteiger partial charge in [-0.05, 0) is 36.8 Å². The van der Waals surface area contributed by atoms with Crippen molar-refractivity contribution in [3.05, 3.63) is 42.5 Å². The van der Waals surface area contributed by atoms with Crippen LogP contribution in [0, 0.1) is 0 Å². The van der Waals surface area contributed by atoms with Crippen molar-refractivity contribution in [1.82, 2.24) is 0 Å². The summed E-state index contributed by atoms with van der Waals surface area (Å²) in [6.45, 7) is 3.12. The predicted molar refractivity (Wildman–Crippen MR) is 136 cm³/mol. The zero-order chi connectivity index (χ0) is 21.6. The van der Waals surface area contributed by atoms with E-state index in [-0.39, 0.29) is 0 Å². The molecular formula is C28H41NOS. The first-order valence-electron chi connectivity index (χ1n) is 12.7. The van der Waals surface area contributed by atoms with E-state index in [9.17, 15) is 0 Å². The molecule has 1 aliphatic rings. The zero-order valence-corrected chi connectivity index (χ0v) is 20.3. The molecule has 0 saturated heterocycles. The van der Waals surface area contributed by atoms with E-state index in [4.69, 9.17) is 4.74 Å². The van der Waals surface area contributed by atoms with E-state index >= 15 is 0 Å². The third kappa shape index (κ3) is 8.80. The molecule has 3 rings (SSSR count). The summed E-state index contributed by atoms with van der Waals surface area (Å²) >= 11 is 1.82. The van der Waals surface area contributed by atoms with E-state index in [1.54, 1.807) is 0 Å². The van der Waals surface area contributed by atoms with Gasteiger partial charge in [0.25, 0.3) is 0 Å². The quantitative estimate of drug-likeness (QED) is 0.224. The highest BCUT2D eigenvalue weighted by atomic mass is 32.2. The first kappa shape index (κ1) is 24.0. The lowest BCUT2D eigenvalue weighted by Gasteiger charge is -2.21. The third-order valence-electron chi connectivity index (χ3n) is 6.10. The van der Waals surface area contributed by atoms with Crippen molar-refractivity contribution >= 4 is 23.1 Å². The summed E-state index contributed by atoms with van der Waals surface area (Å²) < 4.78 is 6.03. The van der Waals surface area contributed by atoms with Crippen molar-refractivity contribution < 1.29 is 4.74 Å². The molecule has 0 atom stereocenters. The summed E-state index contributed by atoms with van der Waals surface area (Å²) in [6.07, 6.45) is 19.5. The summed E-state index contributed by atoms with van der Waals surface area (Å²) in [4.78, 5) is 2.52. The summed E-state index contributed by atoms with van der Waals surface area (Å²) in [5.74, 6) is 0.988. The number of ether oxygens (including phenoxy) is 1. The molecule has 0 radical (unpaired) electrons. The largest absolute Gasteiger partial charge is 0.494 e. The lowest BCUT2D eigenvalue weighted by atomic mass is 10.0. The molecule has 0 aromatic heterocycles. The van der Waals surface area contributed by atoms with Crippen molar-refractivity contribution in [1.29, 1.82) is 0 Å².